The molecule has 5 aliphatic heterocycles. The number of aliphatic hydroxyl groups excluding tert-OH is 10. The summed E-state index contributed by atoms with van der Waals surface area (Å²) in [6.45, 7) is 18.7. The number of aromatic nitrogens is 10. The predicted octanol–water partition coefficient (Wildman–Crippen LogP) is -0.889. The van der Waals surface area contributed by atoms with Gasteiger partial charge in [0.15, 0.2) is 35.9 Å². The van der Waals surface area contributed by atoms with E-state index < -0.39 is 263 Å². The van der Waals surface area contributed by atoms with Gasteiger partial charge in [0, 0.05) is 74.4 Å². The molecule has 20 atom stereocenters. The number of carbonyl (C=O) groups excluding carboxylic acids is 5. The number of aliphatic hydroxyl groups is 10. The lowest BCUT2D eigenvalue weighted by atomic mass is 10.1. The number of ketones is 2. The predicted molar refractivity (Wildman–Crippen MR) is 552 cm³/mol. The van der Waals surface area contributed by atoms with E-state index >= 15 is 0 Å². The summed E-state index contributed by atoms with van der Waals surface area (Å²) in [6.07, 6.45) is -0.0785. The van der Waals surface area contributed by atoms with Gasteiger partial charge in [-0.2, -0.15) is 26.3 Å². The number of halogens is 6. The van der Waals surface area contributed by atoms with Gasteiger partial charge in [0.05, 0.1) is 67.8 Å². The minimum absolute atomic E-state index is 0. The summed E-state index contributed by atoms with van der Waals surface area (Å²) in [5.74, 6) is -5.84. The maximum atomic E-state index is 13.2. The first-order chi connectivity index (χ1) is 66.4. The molecule has 828 valence electrons. The number of amides is 2. The number of aromatic amines is 5. The molecule has 5 fully saturated rings. The lowest BCUT2D eigenvalue weighted by molar-refractivity contribution is -0.188. The number of H-pyrrole nitrogens is 5. The van der Waals surface area contributed by atoms with Crippen molar-refractivity contribution < 1.29 is 130 Å². The van der Waals surface area contributed by atoms with Crippen LogP contribution in [-0.4, -0.2) is 410 Å². The Balaban J connectivity index is 0.000000323. The molecule has 10 heterocycles. The van der Waals surface area contributed by atoms with Crippen LogP contribution >= 0.6 is 46.6 Å². The van der Waals surface area contributed by atoms with E-state index in [0.717, 1.165) is 56.2 Å². The molecular formula is C89H144F6N15O30P5S. The van der Waals surface area contributed by atoms with Crippen molar-refractivity contribution in [3.8, 4) is 0 Å². The van der Waals surface area contributed by atoms with Crippen LogP contribution in [0.15, 0.2) is 74.1 Å². The number of nitrogens with zero attached hydrogens (tertiary/aromatic N) is 7. The Morgan fingerprint density at radius 3 is 0.897 bits per heavy atom. The van der Waals surface area contributed by atoms with E-state index in [1.807, 2.05) is 36.6 Å². The molecule has 18 N–H and O–H groups in total. The molecule has 57 heteroatoms. The molecule has 5 aromatic rings. The Morgan fingerprint density at radius 2 is 0.644 bits per heavy atom. The van der Waals surface area contributed by atoms with Crippen molar-refractivity contribution in [2.24, 2.45) is 0 Å². The van der Waals surface area contributed by atoms with Gasteiger partial charge in [-0.3, -0.25) is 95.7 Å². The van der Waals surface area contributed by atoms with E-state index in [0.29, 0.717) is 55.6 Å². The maximum absolute atomic E-state index is 13.2. The van der Waals surface area contributed by atoms with Gasteiger partial charge in [-0.25, -0.2) is 19.2 Å². The standard InChI is InChI=1S/C22H33F3N3O8P.C17H25F3N3O6P.C17H28N3O6P.C17H28N3O5PS.C15H26N3O5P.CH4/c1-21(2,3)36-14(29)11-27(19(33)22(23,24)25)9-12-10-28(20(34)26-17(12)32)18-16(31)15(30)13(35-18)7-8-37(4,5)6;1-22(15(27)17(18,19)20)7-9-8-23(16(28)21-13(9)26)14-12(25)11(24)10(29-14)5-6-30(2,3)4;1-10(21)7-18-8-11-9-20(17(25)19-15(11)24)16-14(23)13(22)12(26-16)5-6-27(2,3)4;1-10(21)7-18-8-11-9-20(17(27)19-15(11)24)16-14(23)13(22)12(25-16)5-6-26(2,3)4;1-16-7-9-8-18(15(22)17-13(9)21)14-12(20)11(19)10(23-14)5-6-24(2,3)4;/h10,13,15-16,18,30-31H,4,7-9,11H2,1-3,5-6H3,(H,26,32,34);8,10-12,14,24-25H,2,5-7H2,1,3-4H3,(H,21,26,28);9,12-14,16,18,22-23H,2,5-8H2,1,3-4H3,(H,19,24,25);9,12-14,16,18,22-23H,2,5-8H2,1,3-4H3,(H,19,24,27);8,10-12,14,16,19-20H,2,5-7H2,1,3-4H3,(H,17,21,22);1H4/t13-,15-,16-,18?;10-,11-,12-,14?;2*12-,13-,14-,16?;10-,11-,12-,14?;/m11111./s1. The smallest absolute Gasteiger partial charge is 0.459 e. The largest absolute Gasteiger partial charge is 0.471 e. The first-order valence-electron chi connectivity index (χ1n) is 45.6. The van der Waals surface area contributed by atoms with Gasteiger partial charge in [-0.1, -0.05) is 7.43 Å². The Bertz CT molecular complexity index is 6120. The fraction of sp³-hybridized carbons (Fsp3) is 0.663. The van der Waals surface area contributed by atoms with Crippen LogP contribution in [0.5, 0.6) is 0 Å². The van der Waals surface area contributed by atoms with E-state index in [9.17, 15) is 145 Å². The Kier molecular flexibility index (Phi) is 46.8. The molecule has 10 rings (SSSR count). The van der Waals surface area contributed by atoms with Crippen LogP contribution in [0.4, 0.5) is 26.3 Å². The third-order valence-electron chi connectivity index (χ3n) is 22.7. The zero-order valence-corrected chi connectivity index (χ0v) is 89.2. The molecule has 5 aliphatic rings. The third-order valence-corrected chi connectivity index (χ3v) is 30.4. The fourth-order valence-corrected chi connectivity index (χ4v) is 20.2. The topological polar surface area (TPSA) is 643 Å². The molecule has 5 aromatic heterocycles. The summed E-state index contributed by atoms with van der Waals surface area (Å²) in [5.41, 5.74) is -7.95. The highest BCUT2D eigenvalue weighted by Gasteiger charge is 2.51. The summed E-state index contributed by atoms with van der Waals surface area (Å²) in [6, 6.07) is 0. The van der Waals surface area contributed by atoms with Gasteiger partial charge in [0.25, 0.3) is 27.8 Å². The third kappa shape index (κ3) is 38.4. The first-order valence-corrected chi connectivity index (χ1v) is 61.2. The number of nitrogens with one attached hydrogen (secondary N) is 8. The van der Waals surface area contributed by atoms with Crippen LogP contribution < -0.4 is 66.5 Å². The van der Waals surface area contributed by atoms with Gasteiger partial charge in [-0.15, -0.1) is 65.9 Å². The van der Waals surface area contributed by atoms with Gasteiger partial charge < -0.3 is 105 Å². The summed E-state index contributed by atoms with van der Waals surface area (Å²) in [5, 5.41) is 112. The summed E-state index contributed by atoms with van der Waals surface area (Å²) in [7, 11) is 2.54. The van der Waals surface area contributed by atoms with Crippen molar-refractivity contribution in [3.63, 3.8) is 0 Å². The van der Waals surface area contributed by atoms with E-state index in [2.05, 4.69) is 102 Å². The second-order valence-electron chi connectivity index (χ2n) is 40.6. The Labute approximate surface area is 842 Å². The van der Waals surface area contributed by atoms with Crippen molar-refractivity contribution >= 4 is 107 Å². The zero-order chi connectivity index (χ0) is 110. The maximum Gasteiger partial charge on any atom is 0.471 e. The molecule has 45 nitrogen and oxygen atoms in total. The summed E-state index contributed by atoms with van der Waals surface area (Å²) < 4.78 is 116. The van der Waals surface area contributed by atoms with Gasteiger partial charge >= 0.3 is 52.9 Å². The number of rotatable bonds is 36. The number of ether oxygens (including phenoxy) is 6. The molecule has 0 aliphatic carbocycles. The fourth-order valence-electron chi connectivity index (χ4n) is 15.1. The van der Waals surface area contributed by atoms with E-state index in [-0.39, 0.29) is 83.0 Å². The SMILES string of the molecule is C.C=P(C)(C)CC[C@H]1OC(n2cc(CN(C)C(=O)C(F)(F)F)c(=O)[nH]c2=O)[C@H](O)[C@@H]1O.C=P(C)(C)CC[C@H]1OC(n2cc(CN(CC(=O)OC(C)(C)C)C(=O)C(F)(F)F)c(=O)[nH]c2=O)[C@H](O)[C@@H]1O.C=P(C)(C)CC[C@H]1OC(n2cc(CNC)c(=O)[nH]c2=O)[C@H](O)[C@@H]1O.C=P(C)(C)CC[C@H]1OC(n2cc(CNCC(C)=O)c(=O)[nH]c2=O)[C@H](O)[C@@H]1O.C=P(C)(C)CC[C@H]1OC(n2cc(CNCC(C)=O)c(=O)[nH]c2=S)[C@H](O)[C@@H]1O. The van der Waals surface area contributed by atoms with Crippen LogP contribution in [0, 0.1) is 4.77 Å². The van der Waals surface area contributed by atoms with Crippen molar-refractivity contribution in [1.29, 1.82) is 0 Å². The normalized spacial score (nSPS) is 24.9. The molecule has 2 amide bonds. The summed E-state index contributed by atoms with van der Waals surface area (Å²) in [4.78, 5) is 178. The Morgan fingerprint density at radius 1 is 0.404 bits per heavy atom. The van der Waals surface area contributed by atoms with E-state index in [4.69, 9.17) is 40.6 Å². The monoisotopic (exact) mass is 2200 g/mol. The molecule has 0 aromatic carbocycles. The number of hydrogen-bond acceptors (Lipinski definition) is 34. The number of hydrogen-bond donors (Lipinski definition) is 18. The minimum atomic E-state index is -5.37. The molecule has 0 bridgehead atoms. The zero-order valence-electron chi connectivity index (χ0n) is 83.9. The van der Waals surface area contributed by atoms with Crippen LogP contribution in [0.1, 0.15) is 133 Å². The quantitative estimate of drug-likeness (QED) is 0.0100. The van der Waals surface area contributed by atoms with Gasteiger partial charge in [-0.05, 0) is 183 Å². The van der Waals surface area contributed by atoms with Crippen molar-refractivity contribution in [2.45, 2.75) is 248 Å². The molecule has 0 radical (unpaired) electrons. The second-order valence-corrected chi connectivity index (χ2v) is 62.6. The highest BCUT2D eigenvalue weighted by Crippen LogP contribution is 2.45. The van der Waals surface area contributed by atoms with Crippen molar-refractivity contribution in [3.05, 3.63) is 157 Å². The van der Waals surface area contributed by atoms with E-state index in [1.54, 1.807) is 7.05 Å². The van der Waals surface area contributed by atoms with Gasteiger partial charge in [0.1, 0.15) is 84.8 Å². The van der Waals surface area contributed by atoms with Crippen LogP contribution in [0.25, 0.3) is 0 Å². The number of Topliss-reactive ketones (excluding diaryl/α,β-unsaturated/α-hetero) is 2. The number of esters is 1. The van der Waals surface area contributed by atoms with Crippen molar-refractivity contribution in [2.75, 3.05) is 131 Å². The lowest BCUT2D eigenvalue weighted by Crippen LogP contribution is -2.46. The minimum Gasteiger partial charge on any atom is -0.459 e. The van der Waals surface area contributed by atoms with Gasteiger partial charge in [0.2, 0.25) is 0 Å². The van der Waals surface area contributed by atoms with Crippen LogP contribution in [0.2, 0.25) is 0 Å². The molecule has 5 saturated heterocycles. The highest BCUT2D eigenvalue weighted by atomic mass is 32.1. The average Bonchev–Trinajstić information content (AvgIpc) is 1.66. The highest BCUT2D eigenvalue weighted by molar-refractivity contribution is 7.73. The lowest BCUT2D eigenvalue weighted by Gasteiger charge is -2.26. The molecule has 146 heavy (non-hydrogen) atoms. The van der Waals surface area contributed by atoms with Crippen LogP contribution in [-0.2, 0) is 85.1 Å². The van der Waals surface area contributed by atoms with Crippen molar-refractivity contribution in [1.82, 2.24) is 73.5 Å². The first kappa shape index (κ1) is 128. The molecule has 5 unspecified atom stereocenters. The summed E-state index contributed by atoms with van der Waals surface area (Å²) >= 11 is 5.20. The van der Waals surface area contributed by atoms with Crippen LogP contribution in [0.3, 0.4) is 0 Å². The molecule has 0 spiro atoms. The average molecular weight is 2210 g/mol. The number of carbonyl (C=O) groups is 5. The molecule has 0 saturated carbocycles. The molecular weight excluding hydrogens is 2060 g/mol. The second kappa shape index (κ2) is 53.3. The Hall–Kier alpha value is -8.07. The number of alkyl halides is 6. The van der Waals surface area contributed by atoms with E-state index in [1.165, 1.54) is 57.8 Å².